The van der Waals surface area contributed by atoms with Crippen LogP contribution in [0.4, 0.5) is 0 Å². The molecule has 4 aromatic rings. The minimum atomic E-state index is -1.03. The van der Waals surface area contributed by atoms with Crippen LogP contribution in [0.25, 0.3) is 5.65 Å². The number of carbonyl (C=O) groups is 1. The number of carboxylic acid groups (broad SMARTS) is 1. The van der Waals surface area contributed by atoms with E-state index >= 15 is 0 Å². The largest absolute Gasteiger partial charge is 1.00 e. The van der Waals surface area contributed by atoms with Crippen molar-refractivity contribution in [2.75, 3.05) is 0 Å². The van der Waals surface area contributed by atoms with Crippen molar-refractivity contribution in [3.8, 4) is 17.6 Å². The van der Waals surface area contributed by atoms with E-state index in [4.69, 9.17) is 4.74 Å². The molecule has 0 unspecified atom stereocenters. The number of hydrogen-bond donors (Lipinski definition) is 1. The van der Waals surface area contributed by atoms with Gasteiger partial charge in [0.1, 0.15) is 35.0 Å². The molecule has 4 rings (SSSR count). The number of aromatic nitrogens is 2. The van der Waals surface area contributed by atoms with Gasteiger partial charge in [-0.3, -0.25) is 4.40 Å². The van der Waals surface area contributed by atoms with E-state index in [2.05, 4.69) is 16.8 Å². The van der Waals surface area contributed by atoms with E-state index in [1.165, 1.54) is 6.07 Å². The minimum Gasteiger partial charge on any atom is -1.00 e. The molecule has 138 valence electrons. The molecule has 2 aromatic heterocycles. The Hall–Kier alpha value is -3.04. The predicted molar refractivity (Wildman–Crippen MR) is 106 cm³/mol. The summed E-state index contributed by atoms with van der Waals surface area (Å²) in [5.41, 5.74) is 3.13. The van der Waals surface area contributed by atoms with Gasteiger partial charge in [0.05, 0.1) is 0 Å². The molecule has 0 saturated carbocycles. The number of carboxylic acids is 1. The van der Waals surface area contributed by atoms with Crippen molar-refractivity contribution in [2.24, 2.45) is 0 Å². The first kappa shape index (κ1) is 20.7. The van der Waals surface area contributed by atoms with Crippen molar-refractivity contribution < 1.29 is 45.6 Å². The minimum absolute atomic E-state index is 0. The second-order valence-electron chi connectivity index (χ2n) is 6.04. The summed E-state index contributed by atoms with van der Waals surface area (Å²) in [5.74, 6) is 5.59. The Balaban J connectivity index is 0.00000160. The molecular formula is C23H17N2NaO3. The zero-order valence-corrected chi connectivity index (χ0v) is 17.9. The molecule has 0 spiro atoms. The molecule has 0 amide bonds. The maximum atomic E-state index is 11.4. The Kier molecular flexibility index (Phi) is 6.73. The fourth-order valence-electron chi connectivity index (χ4n) is 2.85. The summed E-state index contributed by atoms with van der Waals surface area (Å²) in [6.45, 7) is 0.116. The summed E-state index contributed by atoms with van der Waals surface area (Å²) in [7, 11) is 0. The van der Waals surface area contributed by atoms with Crippen molar-refractivity contribution in [1.82, 2.24) is 9.38 Å². The predicted octanol–water partition coefficient (Wildman–Crippen LogP) is 1.13. The Labute approximate surface area is 191 Å². The van der Waals surface area contributed by atoms with Crippen LogP contribution in [0.3, 0.4) is 0 Å². The third-order valence-corrected chi connectivity index (χ3v) is 4.18. The van der Waals surface area contributed by atoms with E-state index in [9.17, 15) is 9.90 Å². The first-order chi connectivity index (χ1) is 13.7. The zero-order chi connectivity index (χ0) is 19.3. The van der Waals surface area contributed by atoms with Gasteiger partial charge in [0.25, 0.3) is 0 Å². The fourth-order valence-corrected chi connectivity index (χ4v) is 2.85. The van der Waals surface area contributed by atoms with Gasteiger partial charge in [0.2, 0.25) is 0 Å². The van der Waals surface area contributed by atoms with Crippen molar-refractivity contribution in [3.05, 3.63) is 102 Å². The van der Waals surface area contributed by atoms with Crippen molar-refractivity contribution >= 4 is 11.6 Å². The van der Waals surface area contributed by atoms with E-state index < -0.39 is 5.97 Å². The van der Waals surface area contributed by atoms with Gasteiger partial charge in [-0.1, -0.05) is 42.3 Å². The van der Waals surface area contributed by atoms with E-state index in [0.717, 1.165) is 11.2 Å². The third-order valence-electron chi connectivity index (χ3n) is 4.18. The van der Waals surface area contributed by atoms with Gasteiger partial charge < -0.3 is 11.3 Å². The zero-order valence-electron chi connectivity index (χ0n) is 16.9. The SMILES string of the molecule is O=C(O)c1ccccc1OCc1nc2ccccn2c1C#Cc1ccccc1.[H-].[Na+]. The average molecular weight is 392 g/mol. The third kappa shape index (κ3) is 4.69. The Morgan fingerprint density at radius 3 is 2.52 bits per heavy atom. The number of ether oxygens (including phenoxy) is 1. The number of aromatic carboxylic acids is 1. The summed E-state index contributed by atoms with van der Waals surface area (Å²) in [4.78, 5) is 16.0. The fraction of sp³-hybridized carbons (Fsp3) is 0.0435. The first-order valence-electron chi connectivity index (χ1n) is 8.70. The second-order valence-corrected chi connectivity index (χ2v) is 6.04. The van der Waals surface area contributed by atoms with Crippen LogP contribution in [-0.2, 0) is 6.61 Å². The van der Waals surface area contributed by atoms with E-state index in [-0.39, 0.29) is 43.2 Å². The van der Waals surface area contributed by atoms with Crippen LogP contribution < -0.4 is 34.3 Å². The van der Waals surface area contributed by atoms with Crippen LogP contribution in [-0.4, -0.2) is 20.5 Å². The van der Waals surface area contributed by atoms with Gasteiger partial charge >= 0.3 is 35.5 Å². The summed E-state index contributed by atoms with van der Waals surface area (Å²) in [5, 5.41) is 9.32. The number of fused-ring (bicyclic) bond motifs is 1. The van der Waals surface area contributed by atoms with E-state index in [1.54, 1.807) is 18.2 Å². The monoisotopic (exact) mass is 392 g/mol. The van der Waals surface area contributed by atoms with Crippen LogP contribution in [0.5, 0.6) is 5.75 Å². The van der Waals surface area contributed by atoms with Gasteiger partial charge in [-0.15, -0.1) is 0 Å². The maximum Gasteiger partial charge on any atom is 1.00 e. The molecule has 0 bridgehead atoms. The van der Waals surface area contributed by atoms with Gasteiger partial charge in [-0.2, -0.15) is 0 Å². The smallest absolute Gasteiger partial charge is 1.00 e. The summed E-state index contributed by atoms with van der Waals surface area (Å²) in [6, 6.07) is 21.9. The number of nitrogens with zero attached hydrogens (tertiary/aromatic N) is 2. The summed E-state index contributed by atoms with van der Waals surface area (Å²) >= 11 is 0. The number of imidazole rings is 1. The standard InChI is InChI=1S/C23H16N2O3.Na.H/c26-23(27)18-10-4-5-11-21(18)28-16-19-20(14-13-17-8-2-1-3-9-17)25-15-7-6-12-22(25)24-19;;/h1-12,15H,16H2,(H,26,27);;/q;+1;-1. The molecule has 1 N–H and O–H groups in total. The Morgan fingerprint density at radius 1 is 1.00 bits per heavy atom. The van der Waals surface area contributed by atoms with Crippen molar-refractivity contribution in [3.63, 3.8) is 0 Å². The van der Waals surface area contributed by atoms with Crippen LogP contribution in [0.1, 0.15) is 28.7 Å². The van der Waals surface area contributed by atoms with Crippen LogP contribution in [0.2, 0.25) is 0 Å². The van der Waals surface area contributed by atoms with Crippen LogP contribution in [0, 0.1) is 11.8 Å². The van der Waals surface area contributed by atoms with Gasteiger partial charge in [-0.05, 0) is 42.3 Å². The first-order valence-corrected chi connectivity index (χ1v) is 8.70. The average Bonchev–Trinajstić information content (AvgIpc) is 3.09. The molecule has 0 saturated heterocycles. The molecule has 2 aromatic carbocycles. The Morgan fingerprint density at radius 2 is 1.72 bits per heavy atom. The molecule has 0 fully saturated rings. The quantitative estimate of drug-likeness (QED) is 0.418. The molecular weight excluding hydrogens is 375 g/mol. The van der Waals surface area contributed by atoms with Crippen LogP contribution in [0.15, 0.2) is 79.0 Å². The normalized spacial score (nSPS) is 9.93. The summed E-state index contributed by atoms with van der Waals surface area (Å²) < 4.78 is 7.68. The molecule has 29 heavy (non-hydrogen) atoms. The number of rotatable bonds is 4. The van der Waals surface area contributed by atoms with Crippen LogP contribution >= 0.6 is 0 Å². The number of para-hydroxylation sites is 1. The van der Waals surface area contributed by atoms with E-state index in [1.807, 2.05) is 59.1 Å². The number of benzene rings is 2. The molecule has 6 heteroatoms. The van der Waals surface area contributed by atoms with Gasteiger partial charge in [-0.25, -0.2) is 9.78 Å². The second kappa shape index (κ2) is 9.44. The molecule has 0 aliphatic heterocycles. The van der Waals surface area contributed by atoms with Gasteiger partial charge in [0, 0.05) is 11.8 Å². The van der Waals surface area contributed by atoms with Crippen molar-refractivity contribution in [2.45, 2.75) is 6.61 Å². The number of pyridine rings is 1. The van der Waals surface area contributed by atoms with Crippen molar-refractivity contribution in [1.29, 1.82) is 0 Å². The Bertz CT molecular complexity index is 1210. The molecule has 0 aliphatic rings. The molecule has 5 nitrogen and oxygen atoms in total. The van der Waals surface area contributed by atoms with Gasteiger partial charge in [0.15, 0.2) is 0 Å². The molecule has 0 atom stereocenters. The molecule has 0 aliphatic carbocycles. The summed E-state index contributed by atoms with van der Waals surface area (Å²) in [6.07, 6.45) is 1.89. The maximum absolute atomic E-state index is 11.4. The number of hydrogen-bond acceptors (Lipinski definition) is 3. The molecule has 0 radical (unpaired) electrons. The topological polar surface area (TPSA) is 63.8 Å². The van der Waals surface area contributed by atoms with E-state index in [0.29, 0.717) is 17.1 Å². The molecule has 2 heterocycles.